The molecule has 0 amide bonds. The Morgan fingerprint density at radius 2 is 1.76 bits per heavy atom. The van der Waals surface area contributed by atoms with Crippen LogP contribution in [0.25, 0.3) is 17.2 Å². The van der Waals surface area contributed by atoms with E-state index in [0.29, 0.717) is 22.3 Å². The summed E-state index contributed by atoms with van der Waals surface area (Å²) in [6, 6.07) is 16.0. The summed E-state index contributed by atoms with van der Waals surface area (Å²) >= 11 is 0. The Kier molecular flexibility index (Phi) is 7.45. The molecule has 186 valence electrons. The molecule has 3 aromatic rings. The topological polar surface area (TPSA) is 73.7 Å². The van der Waals surface area contributed by atoms with E-state index in [1.807, 2.05) is 49.4 Å². The molecule has 0 radical (unpaired) electrons. The van der Waals surface area contributed by atoms with E-state index < -0.39 is 17.6 Å². The third kappa shape index (κ3) is 5.26. The van der Waals surface area contributed by atoms with Gasteiger partial charge in [0, 0.05) is 22.9 Å². The van der Waals surface area contributed by atoms with Crippen LogP contribution in [0.15, 0.2) is 72.8 Å². The molecule has 0 bridgehead atoms. The predicted octanol–water partition coefficient (Wildman–Crippen LogP) is 8.06. The molecule has 0 spiro atoms. The molecule has 1 aliphatic rings. The fourth-order valence-electron chi connectivity index (χ4n) is 4.60. The first-order valence-corrected chi connectivity index (χ1v) is 11.9. The molecule has 0 heterocycles. The molecular weight excluding hydrogens is 471 g/mol. The van der Waals surface area contributed by atoms with Crippen molar-refractivity contribution in [3.63, 3.8) is 0 Å². The van der Waals surface area contributed by atoms with Gasteiger partial charge in [0.1, 0.15) is 17.7 Å². The zero-order valence-corrected chi connectivity index (χ0v) is 20.4. The Hall–Kier alpha value is -4.37. The first-order valence-electron chi connectivity index (χ1n) is 11.9. The third-order valence-electron chi connectivity index (χ3n) is 6.60. The third-order valence-corrected chi connectivity index (χ3v) is 6.60. The van der Waals surface area contributed by atoms with Gasteiger partial charge in [0.2, 0.25) is 5.97 Å². The number of nitrogens with one attached hydrogen (secondary N) is 1. The molecule has 0 saturated heterocycles. The summed E-state index contributed by atoms with van der Waals surface area (Å²) in [6.45, 7) is 5.75. The SMILES string of the molecule is C=C(C)/C=C/c1ccc(/C(=C(\c2ccc(F)cc2F)C2CCC2)c2ccc(N)c(C(=N)F)c2C#N)cc1. The summed E-state index contributed by atoms with van der Waals surface area (Å²) in [7, 11) is 0. The molecule has 1 aliphatic carbocycles. The fourth-order valence-corrected chi connectivity index (χ4v) is 4.60. The minimum absolute atomic E-state index is 0.0365. The van der Waals surface area contributed by atoms with Gasteiger partial charge in [0.05, 0.1) is 11.1 Å². The molecule has 4 rings (SSSR count). The number of nitrogens with zero attached hydrogens (tertiary/aromatic N) is 1. The molecule has 1 saturated carbocycles. The van der Waals surface area contributed by atoms with Crippen LogP contribution in [0.5, 0.6) is 0 Å². The van der Waals surface area contributed by atoms with Gasteiger partial charge >= 0.3 is 0 Å². The second kappa shape index (κ2) is 10.7. The average Bonchev–Trinajstić information content (AvgIpc) is 2.82. The number of benzene rings is 3. The largest absolute Gasteiger partial charge is 0.398 e. The van der Waals surface area contributed by atoms with Crippen molar-refractivity contribution in [3.05, 3.63) is 118 Å². The van der Waals surface area contributed by atoms with Gasteiger partial charge in [0.25, 0.3) is 0 Å². The Bertz CT molecular complexity index is 1490. The fraction of sp³-hybridized carbons (Fsp3) is 0.161. The Morgan fingerprint density at radius 1 is 1.08 bits per heavy atom. The van der Waals surface area contributed by atoms with E-state index in [1.165, 1.54) is 18.2 Å². The van der Waals surface area contributed by atoms with Crippen molar-refractivity contribution < 1.29 is 13.2 Å². The maximum atomic E-state index is 15.2. The standard InChI is InChI=1S/C31H26F3N3/c1-18(2)6-7-19-8-10-21(11-9-19)28(23-14-15-27(36)30(31(34)37)25(23)17-35)29(20-4-3-5-20)24-13-12-22(32)16-26(24)33/h6-16,20,37H,1,3-5,36H2,2H3/b7-6+,29-28+,37-31?. The predicted molar refractivity (Wildman–Crippen MR) is 143 cm³/mol. The summed E-state index contributed by atoms with van der Waals surface area (Å²) < 4.78 is 43.4. The molecule has 0 unspecified atom stereocenters. The van der Waals surface area contributed by atoms with Crippen LogP contribution in [-0.4, -0.2) is 5.97 Å². The second-order valence-electron chi connectivity index (χ2n) is 9.22. The van der Waals surface area contributed by atoms with E-state index in [0.717, 1.165) is 36.5 Å². The van der Waals surface area contributed by atoms with Crippen molar-refractivity contribution in [2.24, 2.45) is 5.92 Å². The Balaban J connectivity index is 2.08. The van der Waals surface area contributed by atoms with Gasteiger partial charge in [-0.2, -0.15) is 9.65 Å². The van der Waals surface area contributed by atoms with Crippen LogP contribution in [0.2, 0.25) is 0 Å². The van der Waals surface area contributed by atoms with Gasteiger partial charge in [-0.15, -0.1) is 0 Å². The van der Waals surface area contributed by atoms with Crippen LogP contribution >= 0.6 is 0 Å². The minimum atomic E-state index is -1.33. The average molecular weight is 498 g/mol. The van der Waals surface area contributed by atoms with Crippen LogP contribution in [-0.2, 0) is 0 Å². The van der Waals surface area contributed by atoms with Crippen molar-refractivity contribution in [2.75, 3.05) is 5.73 Å². The van der Waals surface area contributed by atoms with Crippen molar-refractivity contribution in [3.8, 4) is 6.07 Å². The van der Waals surface area contributed by atoms with Gasteiger partial charge in [-0.3, -0.25) is 5.41 Å². The summed E-state index contributed by atoms with van der Waals surface area (Å²) in [6.07, 6.45) is 6.32. The normalized spacial score (nSPS) is 14.1. The number of halogens is 3. The number of nitrogen functional groups attached to an aromatic ring is 1. The lowest BCUT2D eigenvalue weighted by molar-refractivity contribution is 0.399. The molecule has 3 nitrogen and oxygen atoms in total. The monoisotopic (exact) mass is 497 g/mol. The highest BCUT2D eigenvalue weighted by Gasteiger charge is 2.30. The number of rotatable bonds is 7. The molecule has 37 heavy (non-hydrogen) atoms. The minimum Gasteiger partial charge on any atom is -0.398 e. The van der Waals surface area contributed by atoms with E-state index in [2.05, 4.69) is 6.58 Å². The number of hydrogen-bond donors (Lipinski definition) is 2. The maximum absolute atomic E-state index is 15.2. The van der Waals surface area contributed by atoms with Crippen LogP contribution in [0.1, 0.15) is 59.6 Å². The first kappa shape index (κ1) is 25.7. The van der Waals surface area contributed by atoms with E-state index in [9.17, 15) is 14.0 Å². The summed E-state index contributed by atoms with van der Waals surface area (Å²) in [5.74, 6) is -2.78. The number of nitrogens with two attached hydrogens (primary N) is 1. The molecule has 3 aromatic carbocycles. The molecule has 0 aliphatic heterocycles. The Morgan fingerprint density at radius 3 is 2.30 bits per heavy atom. The molecule has 1 fully saturated rings. The second-order valence-corrected chi connectivity index (χ2v) is 9.22. The van der Waals surface area contributed by atoms with E-state index in [-0.39, 0.29) is 28.3 Å². The van der Waals surface area contributed by atoms with Crippen LogP contribution in [0.3, 0.4) is 0 Å². The van der Waals surface area contributed by atoms with Crippen molar-refractivity contribution >= 4 is 28.9 Å². The highest BCUT2D eigenvalue weighted by atomic mass is 19.1. The van der Waals surface area contributed by atoms with Crippen molar-refractivity contribution in [1.29, 1.82) is 10.7 Å². The van der Waals surface area contributed by atoms with Crippen LogP contribution < -0.4 is 5.73 Å². The summed E-state index contributed by atoms with van der Waals surface area (Å²) in [4.78, 5) is 0. The van der Waals surface area contributed by atoms with Gasteiger partial charge in [-0.25, -0.2) is 8.78 Å². The lowest BCUT2D eigenvalue weighted by Gasteiger charge is -2.32. The van der Waals surface area contributed by atoms with Gasteiger partial charge in [-0.1, -0.05) is 61.1 Å². The van der Waals surface area contributed by atoms with E-state index in [4.69, 9.17) is 11.1 Å². The Labute approximate surface area is 214 Å². The lowest BCUT2D eigenvalue weighted by Crippen LogP contribution is -2.17. The maximum Gasteiger partial charge on any atom is 0.216 e. The quantitative estimate of drug-likeness (QED) is 0.150. The first-order chi connectivity index (χ1) is 17.7. The molecule has 3 N–H and O–H groups in total. The molecule has 0 atom stereocenters. The van der Waals surface area contributed by atoms with Crippen LogP contribution in [0.4, 0.5) is 18.9 Å². The number of allylic oxidation sites excluding steroid dienone is 3. The molecular formula is C31H26F3N3. The van der Waals surface area contributed by atoms with Crippen molar-refractivity contribution in [2.45, 2.75) is 26.2 Å². The lowest BCUT2D eigenvalue weighted by atomic mass is 9.72. The van der Waals surface area contributed by atoms with Crippen LogP contribution in [0, 0.1) is 34.3 Å². The number of nitriles is 1. The summed E-state index contributed by atoms with van der Waals surface area (Å²) in [5, 5.41) is 17.7. The zero-order valence-electron chi connectivity index (χ0n) is 20.4. The van der Waals surface area contributed by atoms with Gasteiger partial charge < -0.3 is 5.73 Å². The van der Waals surface area contributed by atoms with E-state index in [1.54, 1.807) is 6.07 Å². The van der Waals surface area contributed by atoms with Gasteiger partial charge in [-0.05, 0) is 66.2 Å². The highest BCUT2D eigenvalue weighted by Crippen LogP contribution is 2.46. The number of anilines is 1. The zero-order chi connectivity index (χ0) is 26.7. The summed E-state index contributed by atoms with van der Waals surface area (Å²) in [5.41, 5.74) is 9.70. The van der Waals surface area contributed by atoms with E-state index >= 15 is 4.39 Å². The molecule has 0 aromatic heterocycles. The smallest absolute Gasteiger partial charge is 0.216 e. The van der Waals surface area contributed by atoms with Crippen molar-refractivity contribution in [1.82, 2.24) is 0 Å². The number of hydrogen-bond acceptors (Lipinski definition) is 3. The van der Waals surface area contributed by atoms with Gasteiger partial charge in [0.15, 0.2) is 0 Å². The molecule has 6 heteroatoms. The highest BCUT2D eigenvalue weighted by molar-refractivity contribution is 6.05.